The maximum atomic E-state index is 6.52. The van der Waals surface area contributed by atoms with Crippen molar-refractivity contribution in [1.82, 2.24) is 19.5 Å². The Morgan fingerprint density at radius 1 is 0.561 bits per heavy atom. The van der Waals surface area contributed by atoms with Crippen molar-refractivity contribution in [2.45, 2.75) is 33.6 Å². The molecule has 0 amide bonds. The number of benzene rings is 8. The van der Waals surface area contributed by atoms with Crippen LogP contribution >= 0.6 is 11.3 Å². The Labute approximate surface area is 383 Å². The van der Waals surface area contributed by atoms with Gasteiger partial charge in [-0.05, 0) is 89.3 Å². The van der Waals surface area contributed by atoms with Crippen LogP contribution in [0, 0.1) is 5.92 Å². The maximum Gasteiger partial charge on any atom is 0.238 e. The molecule has 1 aliphatic carbocycles. The molecule has 0 radical (unpaired) electrons. The highest BCUT2D eigenvalue weighted by Gasteiger charge is 2.23. The van der Waals surface area contributed by atoms with E-state index < -0.39 is 0 Å². The lowest BCUT2D eigenvalue weighted by molar-refractivity contribution is 0.565. The van der Waals surface area contributed by atoms with E-state index in [0.717, 1.165) is 93.8 Å². The molecule has 0 aliphatic heterocycles. The Kier molecular flexibility index (Phi) is 8.83. The van der Waals surface area contributed by atoms with Gasteiger partial charge in [0.25, 0.3) is 0 Å². The predicted octanol–water partition coefficient (Wildman–Crippen LogP) is 15.2. The molecule has 66 heavy (non-hydrogen) atoms. The minimum atomic E-state index is 0.425. The molecule has 7 heteroatoms. The number of thiophene rings is 1. The molecular formula is C59H42N4O2S. The van der Waals surface area contributed by atoms with Crippen LogP contribution < -0.4 is 10.6 Å². The van der Waals surface area contributed by atoms with E-state index in [4.69, 9.17) is 23.8 Å². The number of hydrogen-bond donors (Lipinski definition) is 0. The Hall–Kier alpha value is -7.87. The van der Waals surface area contributed by atoms with Gasteiger partial charge in [0.05, 0.1) is 11.0 Å². The van der Waals surface area contributed by atoms with E-state index in [9.17, 15) is 0 Å². The second-order valence-electron chi connectivity index (χ2n) is 17.5. The first-order chi connectivity index (χ1) is 32.5. The van der Waals surface area contributed by atoms with Crippen molar-refractivity contribution in [3.63, 3.8) is 0 Å². The molecular weight excluding hydrogens is 829 g/mol. The second-order valence-corrected chi connectivity index (χ2v) is 18.6. The zero-order chi connectivity index (χ0) is 44.0. The van der Waals surface area contributed by atoms with E-state index in [2.05, 4.69) is 177 Å². The van der Waals surface area contributed by atoms with Crippen molar-refractivity contribution in [3.05, 3.63) is 168 Å². The molecule has 1 unspecified atom stereocenters. The van der Waals surface area contributed by atoms with Gasteiger partial charge in [-0.3, -0.25) is 4.57 Å². The largest absolute Gasteiger partial charge is 0.456 e. The Morgan fingerprint density at radius 2 is 1.20 bits per heavy atom. The van der Waals surface area contributed by atoms with Gasteiger partial charge in [-0.1, -0.05) is 136 Å². The van der Waals surface area contributed by atoms with Crippen LogP contribution in [-0.2, 0) is 0 Å². The molecule has 1 atom stereocenters. The fourth-order valence-electron chi connectivity index (χ4n) is 10.0. The highest BCUT2D eigenvalue weighted by molar-refractivity contribution is 7.25. The SMILES string of the molecule is CC1C=c2oc3cc(-c4nc(-c5ccc6c(c5)oc5ccccc56)nc(-n5c6cc7ccccc7cc6c6cccc(-c7cccc8sc9ccccc9c78)c65)n4)ccc3c2=CC1.CCC. The summed E-state index contributed by atoms with van der Waals surface area (Å²) in [6.07, 6.45) is 6.76. The molecule has 0 saturated carbocycles. The van der Waals surface area contributed by atoms with E-state index in [1.165, 1.54) is 37.5 Å². The third-order valence-corrected chi connectivity index (χ3v) is 14.1. The van der Waals surface area contributed by atoms with E-state index in [0.29, 0.717) is 23.5 Å². The molecule has 0 bridgehead atoms. The van der Waals surface area contributed by atoms with Crippen LogP contribution in [0.1, 0.15) is 33.6 Å². The summed E-state index contributed by atoms with van der Waals surface area (Å²) >= 11 is 1.83. The molecule has 0 fully saturated rings. The molecule has 5 heterocycles. The first kappa shape index (κ1) is 38.6. The fourth-order valence-corrected chi connectivity index (χ4v) is 11.1. The van der Waals surface area contributed by atoms with Crippen molar-refractivity contribution in [2.75, 3.05) is 0 Å². The monoisotopic (exact) mass is 870 g/mol. The summed E-state index contributed by atoms with van der Waals surface area (Å²) in [5, 5.41) is 11.5. The summed E-state index contributed by atoms with van der Waals surface area (Å²) in [6.45, 7) is 6.47. The highest BCUT2D eigenvalue weighted by Crippen LogP contribution is 2.45. The summed E-state index contributed by atoms with van der Waals surface area (Å²) in [4.78, 5) is 16.2. The minimum Gasteiger partial charge on any atom is -0.456 e. The van der Waals surface area contributed by atoms with Crippen LogP contribution in [0.2, 0.25) is 0 Å². The zero-order valence-electron chi connectivity index (χ0n) is 36.7. The molecule has 316 valence electrons. The van der Waals surface area contributed by atoms with Crippen LogP contribution in [0.4, 0.5) is 0 Å². The van der Waals surface area contributed by atoms with Gasteiger partial charge < -0.3 is 8.83 Å². The predicted molar refractivity (Wildman–Crippen MR) is 276 cm³/mol. The van der Waals surface area contributed by atoms with Gasteiger partial charge in [-0.2, -0.15) is 9.97 Å². The number of nitrogens with zero attached hydrogens (tertiary/aromatic N) is 4. The van der Waals surface area contributed by atoms with Crippen LogP contribution in [-0.4, -0.2) is 19.5 Å². The molecule has 5 aromatic heterocycles. The Bertz CT molecular complexity index is 4250. The molecule has 13 aromatic rings. The average Bonchev–Trinajstić information content (AvgIpc) is 4.11. The van der Waals surface area contributed by atoms with Gasteiger partial charge in [-0.15, -0.1) is 11.3 Å². The normalized spacial score (nSPS) is 13.8. The minimum absolute atomic E-state index is 0.425. The van der Waals surface area contributed by atoms with Crippen LogP contribution in [0.25, 0.3) is 138 Å². The summed E-state index contributed by atoms with van der Waals surface area (Å²) < 4.78 is 17.7. The molecule has 14 rings (SSSR count). The van der Waals surface area contributed by atoms with Crippen molar-refractivity contribution in [3.8, 4) is 39.9 Å². The number of para-hydroxylation sites is 2. The number of fused-ring (bicyclic) bond motifs is 13. The van der Waals surface area contributed by atoms with E-state index in [1.54, 1.807) is 0 Å². The standard InChI is InChI=1S/C56H34N4O2S.C3H8/c1-31-20-23-37-39-25-22-35(30-49(39)62-47(37)26-31)55-57-54(34-21-24-38-36-12-4-6-17-46(36)61-48(38)29-34)58-56(59-55)60-45-28-33-11-3-2-10-32(33)27-44(45)42-16-8-15-41(53(42)60)40-14-9-19-51-52(40)43-13-5-7-18-50(43)63-51;1-3-2/h2-19,21-31H,20H2,1H3;3H2,1-2H3. The smallest absolute Gasteiger partial charge is 0.238 e. The quantitative estimate of drug-likeness (QED) is 0.176. The zero-order valence-corrected chi connectivity index (χ0v) is 37.5. The first-order valence-electron chi connectivity index (χ1n) is 22.8. The lowest BCUT2D eigenvalue weighted by atomic mass is 9.97. The fraction of sp³-hybridized carbons (Fsp3) is 0.102. The number of hydrogen-bond acceptors (Lipinski definition) is 6. The van der Waals surface area contributed by atoms with Gasteiger partial charge in [0, 0.05) is 69.0 Å². The van der Waals surface area contributed by atoms with E-state index in [1.807, 2.05) is 29.5 Å². The number of aromatic nitrogens is 4. The summed E-state index contributed by atoms with van der Waals surface area (Å²) in [5.74, 6) is 2.05. The molecule has 8 aromatic carbocycles. The van der Waals surface area contributed by atoms with Gasteiger partial charge in [0.15, 0.2) is 11.6 Å². The molecule has 0 spiro atoms. The van der Waals surface area contributed by atoms with Crippen molar-refractivity contribution in [2.24, 2.45) is 5.92 Å². The third kappa shape index (κ3) is 6.04. The van der Waals surface area contributed by atoms with Crippen LogP contribution in [0.15, 0.2) is 167 Å². The van der Waals surface area contributed by atoms with Gasteiger partial charge in [0.1, 0.15) is 22.2 Å². The van der Waals surface area contributed by atoms with Crippen LogP contribution in [0.3, 0.4) is 0 Å². The van der Waals surface area contributed by atoms with Gasteiger partial charge >= 0.3 is 0 Å². The molecule has 6 nitrogen and oxygen atoms in total. The lowest BCUT2D eigenvalue weighted by Crippen LogP contribution is -2.24. The highest BCUT2D eigenvalue weighted by atomic mass is 32.1. The van der Waals surface area contributed by atoms with E-state index in [-0.39, 0.29) is 0 Å². The summed E-state index contributed by atoms with van der Waals surface area (Å²) in [5.41, 5.74) is 9.38. The van der Waals surface area contributed by atoms with Crippen LogP contribution in [0.5, 0.6) is 0 Å². The van der Waals surface area contributed by atoms with E-state index >= 15 is 0 Å². The summed E-state index contributed by atoms with van der Waals surface area (Å²) in [7, 11) is 0. The number of furan rings is 2. The molecule has 0 saturated heterocycles. The third-order valence-electron chi connectivity index (χ3n) is 13.0. The second kappa shape index (κ2) is 15.1. The van der Waals surface area contributed by atoms with Gasteiger partial charge in [0.2, 0.25) is 5.95 Å². The average molecular weight is 871 g/mol. The van der Waals surface area contributed by atoms with Crippen molar-refractivity contribution >= 4 is 109 Å². The molecule has 1 aliphatic rings. The lowest BCUT2D eigenvalue weighted by Gasteiger charge is -2.14. The molecule has 0 N–H and O–H groups in total. The van der Waals surface area contributed by atoms with Crippen molar-refractivity contribution < 1.29 is 8.83 Å². The summed E-state index contributed by atoms with van der Waals surface area (Å²) in [6, 6.07) is 56.0. The van der Waals surface area contributed by atoms with Crippen molar-refractivity contribution in [1.29, 1.82) is 0 Å². The number of rotatable bonds is 4. The Balaban J connectivity index is 0.00000141. The Morgan fingerprint density at radius 3 is 2.02 bits per heavy atom. The van der Waals surface area contributed by atoms with Gasteiger partial charge in [-0.25, -0.2) is 4.98 Å². The first-order valence-corrected chi connectivity index (χ1v) is 23.6. The maximum absolute atomic E-state index is 6.52. The topological polar surface area (TPSA) is 69.9 Å².